The minimum atomic E-state index is -1.36. The molecular formula is C23H34FN5. The lowest BCUT2D eigenvalue weighted by molar-refractivity contribution is 0.123. The lowest BCUT2D eigenvalue weighted by Crippen LogP contribution is -2.49. The number of nitriles is 1. The summed E-state index contributed by atoms with van der Waals surface area (Å²) >= 11 is 0. The van der Waals surface area contributed by atoms with Gasteiger partial charge in [-0.1, -0.05) is 38.6 Å². The quantitative estimate of drug-likeness (QED) is 0.408. The molecule has 0 aromatic heterocycles. The average molecular weight is 400 g/mol. The van der Waals surface area contributed by atoms with Crippen molar-refractivity contribution in [3.05, 3.63) is 54.4 Å². The maximum Gasteiger partial charge on any atom is 0.151 e. The van der Waals surface area contributed by atoms with Crippen molar-refractivity contribution >= 4 is 11.5 Å². The lowest BCUT2D eigenvalue weighted by atomic mass is 9.87. The zero-order valence-electron chi connectivity index (χ0n) is 18.0. The van der Waals surface area contributed by atoms with Crippen LogP contribution in [-0.2, 0) is 5.67 Å². The van der Waals surface area contributed by atoms with Gasteiger partial charge in [-0.3, -0.25) is 4.90 Å². The fraction of sp³-hybridized carbons (Fsp3) is 0.478. The molecule has 0 bridgehead atoms. The van der Waals surface area contributed by atoms with Crippen molar-refractivity contribution in [2.24, 2.45) is 10.9 Å². The van der Waals surface area contributed by atoms with Crippen LogP contribution < -0.4 is 5.32 Å². The molecule has 0 radical (unpaired) electrons. The minimum absolute atomic E-state index is 0. The maximum absolute atomic E-state index is 14.8. The molecule has 1 aromatic rings. The van der Waals surface area contributed by atoms with Crippen molar-refractivity contribution in [1.82, 2.24) is 9.80 Å². The van der Waals surface area contributed by atoms with Crippen LogP contribution in [0.25, 0.3) is 0 Å². The van der Waals surface area contributed by atoms with Gasteiger partial charge in [0.15, 0.2) is 5.84 Å². The second-order valence-corrected chi connectivity index (χ2v) is 7.77. The second kappa shape index (κ2) is 10.2. The van der Waals surface area contributed by atoms with Gasteiger partial charge in [-0.2, -0.15) is 5.26 Å². The summed E-state index contributed by atoms with van der Waals surface area (Å²) in [5.41, 5.74) is 0.836. The van der Waals surface area contributed by atoms with Crippen molar-refractivity contribution in [1.29, 1.82) is 5.26 Å². The summed E-state index contributed by atoms with van der Waals surface area (Å²) in [6.07, 6.45) is 3.63. The Kier molecular flexibility index (Phi) is 7.98. The van der Waals surface area contributed by atoms with E-state index < -0.39 is 5.67 Å². The molecule has 0 spiro atoms. The van der Waals surface area contributed by atoms with E-state index in [1.807, 2.05) is 51.1 Å². The van der Waals surface area contributed by atoms with Crippen molar-refractivity contribution in [3.63, 3.8) is 0 Å². The van der Waals surface area contributed by atoms with E-state index in [9.17, 15) is 4.39 Å². The number of piperazine rings is 1. The first kappa shape index (κ1) is 22.6. The minimum Gasteiger partial charge on any atom is -0.353 e. The number of anilines is 1. The molecule has 1 fully saturated rings. The Morgan fingerprint density at radius 3 is 2.48 bits per heavy atom. The van der Waals surface area contributed by atoms with E-state index in [0.717, 1.165) is 37.7 Å². The molecule has 1 unspecified atom stereocenters. The Morgan fingerprint density at radius 2 is 1.97 bits per heavy atom. The smallest absolute Gasteiger partial charge is 0.151 e. The number of hydrogen-bond donors (Lipinski definition) is 1. The molecule has 0 aliphatic carbocycles. The molecule has 5 nitrogen and oxygen atoms in total. The van der Waals surface area contributed by atoms with Gasteiger partial charge in [0, 0.05) is 39.5 Å². The second-order valence-electron chi connectivity index (χ2n) is 7.77. The molecule has 29 heavy (non-hydrogen) atoms. The predicted molar refractivity (Wildman–Crippen MR) is 120 cm³/mol. The molecule has 1 aliphatic heterocycles. The number of alkyl halides is 1. The third-order valence-electron chi connectivity index (χ3n) is 5.41. The molecule has 1 aliphatic rings. The molecular weight excluding hydrogens is 365 g/mol. The Hall–Kier alpha value is -2.65. The van der Waals surface area contributed by atoms with Gasteiger partial charge < -0.3 is 10.2 Å². The van der Waals surface area contributed by atoms with Gasteiger partial charge in [-0.25, -0.2) is 9.38 Å². The molecule has 1 heterocycles. The van der Waals surface area contributed by atoms with Crippen molar-refractivity contribution in [2.75, 3.05) is 38.0 Å². The summed E-state index contributed by atoms with van der Waals surface area (Å²) in [6, 6.07) is 9.59. The van der Waals surface area contributed by atoms with Gasteiger partial charge in [-0.15, -0.1) is 0 Å². The highest BCUT2D eigenvalue weighted by Crippen LogP contribution is 2.34. The molecule has 0 amide bonds. The highest BCUT2D eigenvalue weighted by atomic mass is 19.1. The van der Waals surface area contributed by atoms with Crippen LogP contribution in [0.5, 0.6) is 0 Å². The molecule has 6 heteroatoms. The van der Waals surface area contributed by atoms with Crippen LogP contribution in [0.3, 0.4) is 0 Å². The number of nitrogens with zero attached hydrogens (tertiary/aromatic N) is 4. The summed E-state index contributed by atoms with van der Waals surface area (Å²) < 4.78 is 14.8. The van der Waals surface area contributed by atoms with Crippen LogP contribution in [0.2, 0.25) is 0 Å². The molecule has 2 rings (SSSR count). The summed E-state index contributed by atoms with van der Waals surface area (Å²) in [7, 11) is 0. The number of aliphatic imine (C=N–C) groups is 1. The van der Waals surface area contributed by atoms with Gasteiger partial charge in [-0.05, 0) is 37.5 Å². The summed E-state index contributed by atoms with van der Waals surface area (Å²) in [6.45, 7) is 15.1. The monoisotopic (exact) mass is 399 g/mol. The number of amidine groups is 1. The number of allylic oxidation sites excluding steroid dienone is 1. The van der Waals surface area contributed by atoms with Crippen molar-refractivity contribution < 1.29 is 5.82 Å². The third-order valence-corrected chi connectivity index (χ3v) is 5.41. The molecule has 1 N–H and O–H groups in total. The standard InChI is InChI=1S/C23H32FN5.H2/c1-6-12-26-22(29-16-14-28(13-11-25)15-17-29)19(4)27-21-9-7-20(8-10-21)23(5,24)18(2)3;/h6-10,12,18,27H,4,13-17H2,1-3,5H3;1H/b12-6-,26-22?;. The lowest BCUT2D eigenvalue weighted by Gasteiger charge is -2.35. The van der Waals surface area contributed by atoms with E-state index in [2.05, 4.69) is 32.8 Å². The third kappa shape index (κ3) is 5.91. The Morgan fingerprint density at radius 1 is 1.34 bits per heavy atom. The van der Waals surface area contributed by atoms with Gasteiger partial charge in [0.05, 0.1) is 18.3 Å². The highest BCUT2D eigenvalue weighted by Gasteiger charge is 2.29. The van der Waals surface area contributed by atoms with Crippen LogP contribution >= 0.6 is 0 Å². The van der Waals surface area contributed by atoms with Gasteiger partial charge in [0.1, 0.15) is 5.67 Å². The van der Waals surface area contributed by atoms with Crippen LogP contribution in [0.4, 0.5) is 10.1 Å². The number of halogens is 1. The van der Waals surface area contributed by atoms with E-state index in [-0.39, 0.29) is 7.34 Å². The number of benzene rings is 1. The maximum atomic E-state index is 14.8. The average Bonchev–Trinajstić information content (AvgIpc) is 2.70. The molecule has 0 saturated carbocycles. The van der Waals surface area contributed by atoms with Crippen LogP contribution in [0.15, 0.2) is 53.8 Å². The van der Waals surface area contributed by atoms with Crippen LogP contribution in [0, 0.1) is 17.2 Å². The number of rotatable bonds is 7. The van der Waals surface area contributed by atoms with E-state index in [1.54, 1.807) is 13.1 Å². The van der Waals surface area contributed by atoms with Gasteiger partial charge in [0.25, 0.3) is 0 Å². The summed E-state index contributed by atoms with van der Waals surface area (Å²) in [5, 5.41) is 12.2. The largest absolute Gasteiger partial charge is 0.353 e. The van der Waals surface area contributed by atoms with E-state index in [4.69, 9.17) is 5.26 Å². The van der Waals surface area contributed by atoms with Crippen molar-refractivity contribution in [3.8, 4) is 6.07 Å². The normalized spacial score (nSPS) is 18.0. The van der Waals surface area contributed by atoms with Gasteiger partial charge in [0.2, 0.25) is 0 Å². The van der Waals surface area contributed by atoms with Crippen LogP contribution in [0.1, 0.15) is 34.7 Å². The molecule has 158 valence electrons. The first-order chi connectivity index (χ1) is 13.8. The molecule has 1 saturated heterocycles. The first-order valence-corrected chi connectivity index (χ1v) is 10.1. The first-order valence-electron chi connectivity index (χ1n) is 10.1. The topological polar surface area (TPSA) is 54.7 Å². The zero-order chi connectivity index (χ0) is 21.4. The Labute approximate surface area is 175 Å². The fourth-order valence-electron chi connectivity index (χ4n) is 3.16. The molecule has 1 aromatic carbocycles. The molecule has 1 atom stereocenters. The van der Waals surface area contributed by atoms with E-state index >= 15 is 0 Å². The van der Waals surface area contributed by atoms with Gasteiger partial charge >= 0.3 is 0 Å². The number of hydrogen-bond acceptors (Lipinski definition) is 4. The summed E-state index contributed by atoms with van der Waals surface area (Å²) in [5.74, 6) is 0.678. The van der Waals surface area contributed by atoms with Crippen LogP contribution in [-0.4, -0.2) is 48.4 Å². The van der Waals surface area contributed by atoms with E-state index in [1.165, 1.54) is 0 Å². The number of nitrogens with one attached hydrogen (secondary N) is 1. The fourth-order valence-corrected chi connectivity index (χ4v) is 3.16. The summed E-state index contributed by atoms with van der Waals surface area (Å²) in [4.78, 5) is 8.87. The zero-order valence-corrected chi connectivity index (χ0v) is 18.0. The Bertz CT molecular complexity index is 785. The van der Waals surface area contributed by atoms with Crippen molar-refractivity contribution in [2.45, 2.75) is 33.4 Å². The Balaban J connectivity index is 0.00000450. The highest BCUT2D eigenvalue weighted by molar-refractivity contribution is 6.00. The van der Waals surface area contributed by atoms with E-state index in [0.29, 0.717) is 17.8 Å². The SMILES string of the molecule is C=C(Nc1ccc(C(C)(F)C(C)C)cc1)C(=N/C=C\C)N1CCN(CC#N)CC1.[HH]. The predicted octanol–water partition coefficient (Wildman–Crippen LogP) is 4.77.